The lowest BCUT2D eigenvalue weighted by Gasteiger charge is -2.10. The first-order chi connectivity index (χ1) is 9.22. The summed E-state index contributed by atoms with van der Waals surface area (Å²) >= 11 is 6.13. The van der Waals surface area contributed by atoms with Gasteiger partial charge in [-0.2, -0.15) is 0 Å². The first kappa shape index (κ1) is 12.5. The zero-order valence-electron chi connectivity index (χ0n) is 10.9. The van der Waals surface area contributed by atoms with Gasteiger partial charge in [0.05, 0.1) is 0 Å². The average molecular weight is 274 g/mol. The van der Waals surface area contributed by atoms with E-state index in [1.54, 1.807) is 0 Å². The van der Waals surface area contributed by atoms with E-state index in [2.05, 4.69) is 15.0 Å². The van der Waals surface area contributed by atoms with Crippen molar-refractivity contribution in [3.05, 3.63) is 40.8 Å². The van der Waals surface area contributed by atoms with E-state index in [-0.39, 0.29) is 0 Å². The van der Waals surface area contributed by atoms with Crippen molar-refractivity contribution in [1.82, 2.24) is 15.0 Å². The Labute approximate surface area is 118 Å². The number of nitrogens with zero attached hydrogens (tertiary/aromatic N) is 3. The first-order valence-corrected chi connectivity index (χ1v) is 7.08. The van der Waals surface area contributed by atoms with Gasteiger partial charge in [0.15, 0.2) is 5.82 Å². The van der Waals surface area contributed by atoms with Gasteiger partial charge >= 0.3 is 0 Å². The van der Waals surface area contributed by atoms with Gasteiger partial charge in [0.1, 0.15) is 10.8 Å². The lowest BCUT2D eigenvalue weighted by atomic mass is 10.0. The molecule has 4 heteroatoms. The molecule has 0 aromatic carbocycles. The van der Waals surface area contributed by atoms with Crippen LogP contribution in [0.15, 0.2) is 24.4 Å². The fourth-order valence-corrected chi connectivity index (χ4v) is 2.77. The molecule has 3 nitrogen and oxygen atoms in total. The molecule has 1 fully saturated rings. The Kier molecular flexibility index (Phi) is 3.47. The average Bonchev–Trinajstić information content (AvgIpc) is 2.93. The van der Waals surface area contributed by atoms with Gasteiger partial charge in [-0.25, -0.2) is 9.97 Å². The van der Waals surface area contributed by atoms with E-state index in [1.807, 2.05) is 31.3 Å². The highest BCUT2D eigenvalue weighted by Crippen LogP contribution is 2.34. The van der Waals surface area contributed by atoms with E-state index in [1.165, 1.54) is 25.7 Å². The highest BCUT2D eigenvalue weighted by Gasteiger charge is 2.20. The highest BCUT2D eigenvalue weighted by molar-refractivity contribution is 6.29. The van der Waals surface area contributed by atoms with Crippen LogP contribution in [0.1, 0.15) is 42.9 Å². The molecule has 0 bridgehead atoms. The highest BCUT2D eigenvalue weighted by atomic mass is 35.5. The van der Waals surface area contributed by atoms with Crippen LogP contribution in [0.25, 0.3) is 11.5 Å². The van der Waals surface area contributed by atoms with Crippen molar-refractivity contribution in [1.29, 1.82) is 0 Å². The maximum absolute atomic E-state index is 6.13. The van der Waals surface area contributed by atoms with Crippen LogP contribution < -0.4 is 0 Å². The number of rotatable bonds is 2. The summed E-state index contributed by atoms with van der Waals surface area (Å²) in [6, 6.07) is 5.86. The number of pyridine rings is 1. The van der Waals surface area contributed by atoms with E-state index in [4.69, 9.17) is 11.6 Å². The third kappa shape index (κ3) is 2.76. The Morgan fingerprint density at radius 3 is 2.63 bits per heavy atom. The van der Waals surface area contributed by atoms with Crippen LogP contribution in [0.3, 0.4) is 0 Å². The smallest absolute Gasteiger partial charge is 0.179 e. The molecule has 0 amide bonds. The molecule has 0 unspecified atom stereocenters. The van der Waals surface area contributed by atoms with E-state index < -0.39 is 0 Å². The van der Waals surface area contributed by atoms with Crippen molar-refractivity contribution in [3.63, 3.8) is 0 Å². The maximum atomic E-state index is 6.13. The number of hydrogen-bond donors (Lipinski definition) is 0. The molecule has 1 aliphatic rings. The van der Waals surface area contributed by atoms with Gasteiger partial charge in [-0.1, -0.05) is 30.5 Å². The third-order valence-corrected chi connectivity index (χ3v) is 3.82. The fourth-order valence-electron chi connectivity index (χ4n) is 2.58. The van der Waals surface area contributed by atoms with E-state index >= 15 is 0 Å². The van der Waals surface area contributed by atoms with Crippen LogP contribution >= 0.6 is 11.6 Å². The summed E-state index contributed by atoms with van der Waals surface area (Å²) in [6.07, 6.45) is 6.80. The molecule has 0 aliphatic heterocycles. The van der Waals surface area contributed by atoms with Gasteiger partial charge < -0.3 is 0 Å². The second-order valence-electron chi connectivity index (χ2n) is 5.14. The monoisotopic (exact) mass is 273 g/mol. The van der Waals surface area contributed by atoms with Crippen molar-refractivity contribution in [2.45, 2.75) is 38.5 Å². The first-order valence-electron chi connectivity index (χ1n) is 6.70. The maximum Gasteiger partial charge on any atom is 0.179 e. The predicted molar refractivity (Wildman–Crippen MR) is 76.2 cm³/mol. The Morgan fingerprint density at radius 1 is 1.16 bits per heavy atom. The second kappa shape index (κ2) is 5.25. The summed E-state index contributed by atoms with van der Waals surface area (Å²) in [7, 11) is 0. The summed E-state index contributed by atoms with van der Waals surface area (Å²) in [4.78, 5) is 13.3. The number of aromatic nitrogens is 3. The molecule has 2 aromatic rings. The summed E-state index contributed by atoms with van der Waals surface area (Å²) in [5, 5.41) is 0.509. The van der Waals surface area contributed by atoms with Crippen molar-refractivity contribution in [2.75, 3.05) is 0 Å². The standard InChI is InChI=1S/C15H16ClN3/c1-10-6-7-12(17-9-10)15-18-13(8-14(16)19-15)11-4-2-3-5-11/h6-9,11H,2-5H2,1H3. The molecule has 0 N–H and O–H groups in total. The van der Waals surface area contributed by atoms with E-state index in [9.17, 15) is 0 Å². The minimum Gasteiger partial charge on any atom is -0.253 e. The fraction of sp³-hybridized carbons (Fsp3) is 0.400. The Morgan fingerprint density at radius 2 is 1.95 bits per heavy atom. The van der Waals surface area contributed by atoms with Crippen molar-refractivity contribution in [2.24, 2.45) is 0 Å². The second-order valence-corrected chi connectivity index (χ2v) is 5.53. The van der Waals surface area contributed by atoms with Crippen LogP contribution in [-0.2, 0) is 0 Å². The molecule has 2 aromatic heterocycles. The molecule has 0 spiro atoms. The van der Waals surface area contributed by atoms with Crippen LogP contribution in [-0.4, -0.2) is 15.0 Å². The van der Waals surface area contributed by atoms with Crippen LogP contribution in [0, 0.1) is 6.92 Å². The topological polar surface area (TPSA) is 38.7 Å². The van der Waals surface area contributed by atoms with Crippen molar-refractivity contribution < 1.29 is 0 Å². The molecule has 1 saturated carbocycles. The normalized spacial score (nSPS) is 15.9. The lowest BCUT2D eigenvalue weighted by Crippen LogP contribution is -2.01. The van der Waals surface area contributed by atoms with Crippen LogP contribution in [0.4, 0.5) is 0 Å². The lowest BCUT2D eigenvalue weighted by molar-refractivity contribution is 0.695. The molecule has 19 heavy (non-hydrogen) atoms. The van der Waals surface area contributed by atoms with Gasteiger partial charge in [-0.05, 0) is 37.5 Å². The molecule has 98 valence electrons. The van der Waals surface area contributed by atoms with Crippen LogP contribution in [0.5, 0.6) is 0 Å². The Hall–Kier alpha value is -1.48. The largest absolute Gasteiger partial charge is 0.253 e. The Bertz CT molecular complexity index is 574. The van der Waals surface area contributed by atoms with Gasteiger partial charge in [0.25, 0.3) is 0 Å². The van der Waals surface area contributed by atoms with Gasteiger partial charge in [0.2, 0.25) is 0 Å². The Balaban J connectivity index is 1.99. The van der Waals surface area contributed by atoms with E-state index in [0.717, 1.165) is 17.0 Å². The number of aryl methyl sites for hydroxylation is 1. The summed E-state index contributed by atoms with van der Waals surface area (Å²) < 4.78 is 0. The molecule has 2 heterocycles. The minimum atomic E-state index is 0.509. The number of hydrogen-bond acceptors (Lipinski definition) is 3. The summed E-state index contributed by atoms with van der Waals surface area (Å²) in [6.45, 7) is 2.01. The van der Waals surface area contributed by atoms with Crippen molar-refractivity contribution >= 4 is 11.6 Å². The quantitative estimate of drug-likeness (QED) is 0.771. The van der Waals surface area contributed by atoms with Crippen LogP contribution in [0.2, 0.25) is 5.15 Å². The van der Waals surface area contributed by atoms with Gasteiger partial charge in [-0.3, -0.25) is 4.98 Å². The molecule has 0 atom stereocenters. The SMILES string of the molecule is Cc1ccc(-c2nc(Cl)cc(C3CCCC3)n2)nc1. The molecular weight excluding hydrogens is 258 g/mol. The minimum absolute atomic E-state index is 0.509. The predicted octanol–water partition coefficient (Wildman–Crippen LogP) is 4.16. The molecule has 1 aliphatic carbocycles. The molecule has 0 saturated heterocycles. The molecular formula is C15H16ClN3. The van der Waals surface area contributed by atoms with Gasteiger partial charge in [0, 0.05) is 17.8 Å². The van der Waals surface area contributed by atoms with Crippen molar-refractivity contribution in [3.8, 4) is 11.5 Å². The zero-order valence-corrected chi connectivity index (χ0v) is 11.7. The third-order valence-electron chi connectivity index (χ3n) is 3.63. The molecule has 3 rings (SSSR count). The molecule has 0 radical (unpaired) electrons. The number of halogens is 1. The summed E-state index contributed by atoms with van der Waals surface area (Å²) in [5.74, 6) is 1.17. The zero-order chi connectivity index (χ0) is 13.2. The summed E-state index contributed by atoms with van der Waals surface area (Å²) in [5.41, 5.74) is 2.98. The van der Waals surface area contributed by atoms with E-state index in [0.29, 0.717) is 16.9 Å². The van der Waals surface area contributed by atoms with Gasteiger partial charge in [-0.15, -0.1) is 0 Å².